The number of nitrogen functional groups attached to an aromatic ring is 1. The summed E-state index contributed by atoms with van der Waals surface area (Å²) in [6.45, 7) is 2.59. The number of fused-ring (bicyclic) bond motifs is 1. The van der Waals surface area contributed by atoms with Gasteiger partial charge in [0.05, 0.1) is 19.5 Å². The van der Waals surface area contributed by atoms with E-state index in [2.05, 4.69) is 15.0 Å². The topological polar surface area (TPSA) is 105 Å². The van der Waals surface area contributed by atoms with Gasteiger partial charge in [0, 0.05) is 0 Å². The lowest BCUT2D eigenvalue weighted by atomic mass is 10.4. The quantitative estimate of drug-likeness (QED) is 0.664. The summed E-state index contributed by atoms with van der Waals surface area (Å²) in [7, 11) is -1.29. The van der Waals surface area contributed by atoms with E-state index in [0.29, 0.717) is 30.5 Å². The molecule has 1 aliphatic rings. The van der Waals surface area contributed by atoms with E-state index in [1.165, 1.54) is 0 Å². The van der Waals surface area contributed by atoms with Crippen molar-refractivity contribution in [3.8, 4) is 0 Å². The fraction of sp³-hybridized carbons (Fsp3) is 0.545. The number of hydrogen-bond acceptors (Lipinski definition) is 7. The average molecular weight is 331 g/mol. The minimum atomic E-state index is -1.29. The highest BCUT2D eigenvalue weighted by Crippen LogP contribution is 2.24. The van der Waals surface area contributed by atoms with Gasteiger partial charge >= 0.3 is 7.80 Å². The van der Waals surface area contributed by atoms with Gasteiger partial charge in [-0.1, -0.05) is 16.2 Å². The number of halogens is 1. The second-order valence-corrected chi connectivity index (χ2v) is 6.75. The first-order valence-corrected chi connectivity index (χ1v) is 8.59. The van der Waals surface area contributed by atoms with Crippen LogP contribution in [-0.2, 0) is 20.6 Å². The third-order valence-corrected chi connectivity index (χ3v) is 4.13. The summed E-state index contributed by atoms with van der Waals surface area (Å²) in [6.07, 6.45) is 1.44. The van der Waals surface area contributed by atoms with Gasteiger partial charge in [0.25, 0.3) is 0 Å². The highest BCUT2D eigenvalue weighted by Gasteiger charge is 2.31. The number of aromatic nitrogens is 4. The molecule has 3 atom stereocenters. The molecular weight excluding hydrogens is 317 g/mol. The highest BCUT2D eigenvalue weighted by molar-refractivity contribution is 7.43. The molecule has 0 bridgehead atoms. The molecule has 1 saturated heterocycles. The van der Waals surface area contributed by atoms with Crippen molar-refractivity contribution in [2.24, 2.45) is 0 Å². The van der Waals surface area contributed by atoms with Crippen LogP contribution < -0.4 is 5.73 Å². The molecule has 8 nitrogen and oxygen atoms in total. The van der Waals surface area contributed by atoms with Gasteiger partial charge in [-0.25, -0.2) is 4.98 Å². The number of anilines is 1. The lowest BCUT2D eigenvalue weighted by Crippen LogP contribution is -2.20. The highest BCUT2D eigenvalue weighted by atomic mass is 35.5. The normalized spacial score (nSPS) is 22.9. The number of imidazole rings is 1. The van der Waals surface area contributed by atoms with Crippen LogP contribution in [0.2, 0.25) is 5.15 Å². The molecule has 2 unspecified atom stereocenters. The van der Waals surface area contributed by atoms with Crippen LogP contribution in [0, 0.1) is 0 Å². The van der Waals surface area contributed by atoms with Crippen molar-refractivity contribution in [1.29, 1.82) is 0 Å². The fourth-order valence-electron chi connectivity index (χ4n) is 2.19. The summed E-state index contributed by atoms with van der Waals surface area (Å²) in [6, 6.07) is 0. The molecule has 2 aromatic heterocycles. The third kappa shape index (κ3) is 3.13. The Kier molecular flexibility index (Phi) is 4.03. The van der Waals surface area contributed by atoms with Crippen molar-refractivity contribution in [1.82, 2.24) is 19.5 Å². The van der Waals surface area contributed by atoms with Gasteiger partial charge in [-0.2, -0.15) is 9.97 Å². The standard InChI is InChI=1S/C11H14ClN5O3P/c1-21(18)4-7-19-3-6(20-7)2-17-5-14-8-9(12)15-11(13)16-10(8)17/h5-7H,2-4H2,1H3,(H2,13,15,16)/q+1/t6-,7?/m1/s1. The largest absolute Gasteiger partial charge is 0.368 e. The van der Waals surface area contributed by atoms with Crippen LogP contribution in [0.1, 0.15) is 0 Å². The first-order valence-electron chi connectivity index (χ1n) is 6.32. The number of rotatable bonds is 4. The van der Waals surface area contributed by atoms with Crippen LogP contribution in [0.5, 0.6) is 0 Å². The van der Waals surface area contributed by atoms with Crippen molar-refractivity contribution in [3.63, 3.8) is 0 Å². The molecule has 2 N–H and O–H groups in total. The molecular formula is C11H14ClN5O3P+. The van der Waals surface area contributed by atoms with Crippen molar-refractivity contribution in [3.05, 3.63) is 11.5 Å². The van der Waals surface area contributed by atoms with E-state index in [0.717, 1.165) is 0 Å². The summed E-state index contributed by atoms with van der Waals surface area (Å²) >= 11 is 5.98. The molecule has 0 radical (unpaired) electrons. The molecule has 112 valence electrons. The van der Waals surface area contributed by atoms with Crippen LogP contribution in [0.25, 0.3) is 11.2 Å². The SMILES string of the molecule is C[P+](=O)CC1OC[C@@H](Cn2cnc3c(Cl)nc(N)nc32)O1. The number of ether oxygens (including phenoxy) is 2. The predicted molar refractivity (Wildman–Crippen MR) is 77.8 cm³/mol. The number of hydrogen-bond donors (Lipinski definition) is 1. The van der Waals surface area contributed by atoms with E-state index in [1.807, 2.05) is 0 Å². The first-order chi connectivity index (χ1) is 10.0. The Labute approximate surface area is 126 Å². The van der Waals surface area contributed by atoms with E-state index in [-0.39, 0.29) is 17.2 Å². The van der Waals surface area contributed by atoms with Gasteiger partial charge in [-0.3, -0.25) is 0 Å². The van der Waals surface area contributed by atoms with E-state index < -0.39 is 14.1 Å². The van der Waals surface area contributed by atoms with E-state index in [1.54, 1.807) is 17.6 Å². The summed E-state index contributed by atoms with van der Waals surface area (Å²) < 4.78 is 24.1. The lowest BCUT2D eigenvalue weighted by Gasteiger charge is -2.10. The molecule has 10 heteroatoms. The average Bonchev–Trinajstić information content (AvgIpc) is 2.97. The van der Waals surface area contributed by atoms with E-state index in [4.69, 9.17) is 26.8 Å². The van der Waals surface area contributed by atoms with Crippen LogP contribution in [0.15, 0.2) is 6.33 Å². The molecule has 0 spiro atoms. The van der Waals surface area contributed by atoms with Gasteiger partial charge in [0.15, 0.2) is 17.0 Å². The molecule has 0 aliphatic carbocycles. The van der Waals surface area contributed by atoms with Gasteiger partial charge in [-0.05, 0) is 0 Å². The van der Waals surface area contributed by atoms with E-state index in [9.17, 15) is 4.57 Å². The molecule has 2 aromatic rings. The summed E-state index contributed by atoms with van der Waals surface area (Å²) in [5, 5.41) is 0.223. The molecule has 0 aromatic carbocycles. The minimum Gasteiger partial charge on any atom is -0.368 e. The van der Waals surface area contributed by atoms with Crippen molar-refractivity contribution in [2.45, 2.75) is 18.9 Å². The maximum absolute atomic E-state index is 11.2. The van der Waals surface area contributed by atoms with Crippen molar-refractivity contribution >= 4 is 36.5 Å². The van der Waals surface area contributed by atoms with Gasteiger partial charge in [-0.15, -0.1) is 0 Å². The lowest BCUT2D eigenvalue weighted by molar-refractivity contribution is -0.0415. The zero-order valence-corrected chi connectivity index (χ0v) is 12.9. The zero-order valence-electron chi connectivity index (χ0n) is 11.3. The molecule has 0 amide bonds. The van der Waals surface area contributed by atoms with Crippen LogP contribution in [0.3, 0.4) is 0 Å². The number of nitrogens with zero attached hydrogens (tertiary/aromatic N) is 4. The van der Waals surface area contributed by atoms with Crippen LogP contribution in [0.4, 0.5) is 5.95 Å². The Morgan fingerprint density at radius 3 is 3.14 bits per heavy atom. The van der Waals surface area contributed by atoms with Gasteiger partial charge in [0.2, 0.25) is 12.2 Å². The Balaban J connectivity index is 1.76. The Hall–Kier alpha value is -1.34. The molecule has 3 rings (SSSR count). The zero-order chi connectivity index (χ0) is 15.0. The van der Waals surface area contributed by atoms with Crippen LogP contribution in [-0.4, -0.2) is 51.3 Å². The fourth-order valence-corrected chi connectivity index (χ4v) is 3.02. The Morgan fingerprint density at radius 2 is 2.38 bits per heavy atom. The Bertz CT molecular complexity index is 694. The number of nitrogens with two attached hydrogens (primary N) is 1. The van der Waals surface area contributed by atoms with Crippen LogP contribution >= 0.6 is 19.4 Å². The Morgan fingerprint density at radius 1 is 1.57 bits per heavy atom. The predicted octanol–water partition coefficient (Wildman–Crippen LogP) is 1.26. The summed E-state index contributed by atoms with van der Waals surface area (Å²) in [4.78, 5) is 12.2. The molecule has 1 fully saturated rings. The van der Waals surface area contributed by atoms with Crippen molar-refractivity contribution < 1.29 is 14.0 Å². The minimum absolute atomic E-state index is 0.0960. The second kappa shape index (κ2) is 5.81. The van der Waals surface area contributed by atoms with E-state index >= 15 is 0 Å². The van der Waals surface area contributed by atoms with Crippen molar-refractivity contribution in [2.75, 3.05) is 25.2 Å². The monoisotopic (exact) mass is 330 g/mol. The second-order valence-electron chi connectivity index (χ2n) is 4.77. The molecule has 0 saturated carbocycles. The maximum Gasteiger partial charge on any atom is 0.340 e. The maximum atomic E-state index is 11.2. The molecule has 1 aliphatic heterocycles. The van der Waals surface area contributed by atoms with Gasteiger partial charge in [0.1, 0.15) is 18.3 Å². The smallest absolute Gasteiger partial charge is 0.340 e. The first kappa shape index (κ1) is 14.6. The van der Waals surface area contributed by atoms with Gasteiger partial charge < -0.3 is 19.8 Å². The third-order valence-electron chi connectivity index (χ3n) is 3.06. The summed E-state index contributed by atoms with van der Waals surface area (Å²) in [5.74, 6) is 0.0960. The molecule has 21 heavy (non-hydrogen) atoms. The molecule has 3 heterocycles. The summed E-state index contributed by atoms with van der Waals surface area (Å²) in [5.41, 5.74) is 6.66.